The third-order valence-electron chi connectivity index (χ3n) is 3.22. The van der Waals surface area contributed by atoms with Crippen LogP contribution in [0.3, 0.4) is 0 Å². The third kappa shape index (κ3) is 1.18. The second-order valence-corrected chi connectivity index (χ2v) is 3.84. The maximum atomic E-state index is 9.48. The van der Waals surface area contributed by atoms with E-state index in [0.717, 1.165) is 12.8 Å². The van der Waals surface area contributed by atoms with E-state index in [4.69, 9.17) is 0 Å². The molecule has 0 unspecified atom stereocenters. The maximum Gasteiger partial charge on any atom is 0.0570 e. The van der Waals surface area contributed by atoms with E-state index < -0.39 is 0 Å². The first kappa shape index (κ1) is 7.56. The van der Waals surface area contributed by atoms with Gasteiger partial charge in [0.15, 0.2) is 0 Å². The minimum Gasteiger partial charge on any atom is -0.393 e. The lowest BCUT2D eigenvalue weighted by atomic mass is 10.0. The average molecular weight is 155 g/mol. The first-order chi connectivity index (χ1) is 5.31. The van der Waals surface area contributed by atoms with Crippen molar-refractivity contribution >= 4 is 0 Å². The molecule has 0 saturated carbocycles. The molecule has 2 fully saturated rings. The Morgan fingerprint density at radius 1 is 1.27 bits per heavy atom. The van der Waals surface area contributed by atoms with Crippen molar-refractivity contribution < 1.29 is 5.11 Å². The van der Waals surface area contributed by atoms with Gasteiger partial charge in [0.25, 0.3) is 0 Å². The summed E-state index contributed by atoms with van der Waals surface area (Å²) in [5, 5.41) is 9.48. The molecular weight excluding hydrogens is 138 g/mol. The van der Waals surface area contributed by atoms with Crippen molar-refractivity contribution in [2.24, 2.45) is 0 Å². The topological polar surface area (TPSA) is 23.5 Å². The predicted octanol–water partition coefficient (Wildman–Crippen LogP) is 0.994. The molecule has 2 heteroatoms. The predicted molar refractivity (Wildman–Crippen MR) is 44.4 cm³/mol. The van der Waals surface area contributed by atoms with E-state index in [1.165, 1.54) is 19.4 Å². The summed E-state index contributed by atoms with van der Waals surface area (Å²) in [4.78, 5) is 2.56. The minimum atomic E-state index is -0.00435. The van der Waals surface area contributed by atoms with Crippen molar-refractivity contribution in [1.82, 2.24) is 4.90 Å². The largest absolute Gasteiger partial charge is 0.393 e. The molecule has 0 aromatic heterocycles. The van der Waals surface area contributed by atoms with Crippen LogP contribution < -0.4 is 0 Å². The molecule has 0 aliphatic carbocycles. The Kier molecular flexibility index (Phi) is 1.90. The van der Waals surface area contributed by atoms with Gasteiger partial charge in [-0.25, -0.2) is 0 Å². The molecule has 2 heterocycles. The zero-order valence-electron chi connectivity index (χ0n) is 7.16. The number of rotatable bonds is 1. The summed E-state index contributed by atoms with van der Waals surface area (Å²) in [5.41, 5.74) is 0. The lowest BCUT2D eigenvalue weighted by Crippen LogP contribution is -2.44. The molecular formula is C9H17NO. The molecule has 2 nitrogen and oxygen atoms in total. The van der Waals surface area contributed by atoms with E-state index in [0.29, 0.717) is 12.1 Å². The van der Waals surface area contributed by atoms with E-state index in [1.807, 2.05) is 0 Å². The van der Waals surface area contributed by atoms with Crippen LogP contribution in [0.15, 0.2) is 0 Å². The van der Waals surface area contributed by atoms with E-state index in [2.05, 4.69) is 11.8 Å². The van der Waals surface area contributed by atoms with Gasteiger partial charge in [0, 0.05) is 12.1 Å². The van der Waals surface area contributed by atoms with Gasteiger partial charge >= 0.3 is 0 Å². The summed E-state index contributed by atoms with van der Waals surface area (Å²) in [6, 6.07) is 1.41. The molecule has 0 amide bonds. The summed E-state index contributed by atoms with van der Waals surface area (Å²) in [5.74, 6) is 0. The van der Waals surface area contributed by atoms with Crippen molar-refractivity contribution in [2.75, 3.05) is 6.54 Å². The van der Waals surface area contributed by atoms with Crippen LogP contribution in [-0.4, -0.2) is 34.7 Å². The average Bonchev–Trinajstić information content (AvgIpc) is 2.23. The number of aliphatic hydroxyl groups excluding tert-OH is 1. The molecule has 2 aliphatic rings. The fourth-order valence-electron chi connectivity index (χ4n) is 2.76. The maximum absolute atomic E-state index is 9.48. The highest BCUT2D eigenvalue weighted by molar-refractivity contribution is 4.94. The molecule has 64 valence electrons. The molecule has 2 rings (SSSR count). The fraction of sp³-hybridized carbons (Fsp3) is 1.00. The number of aliphatic hydroxyl groups is 1. The zero-order valence-corrected chi connectivity index (χ0v) is 7.16. The second-order valence-electron chi connectivity index (χ2n) is 3.84. The van der Waals surface area contributed by atoms with Gasteiger partial charge in [-0.2, -0.15) is 0 Å². The minimum absolute atomic E-state index is 0.00435. The Labute approximate surface area is 68.2 Å². The van der Waals surface area contributed by atoms with Gasteiger partial charge in [0.1, 0.15) is 0 Å². The molecule has 2 aliphatic heterocycles. The van der Waals surface area contributed by atoms with Gasteiger partial charge in [-0.15, -0.1) is 0 Å². The van der Waals surface area contributed by atoms with Crippen molar-refractivity contribution in [3.05, 3.63) is 0 Å². The van der Waals surface area contributed by atoms with E-state index >= 15 is 0 Å². The third-order valence-corrected chi connectivity index (χ3v) is 3.22. The first-order valence-electron chi connectivity index (χ1n) is 4.75. The Morgan fingerprint density at radius 2 is 1.82 bits per heavy atom. The summed E-state index contributed by atoms with van der Waals surface area (Å²) < 4.78 is 0. The number of piperidine rings is 1. The van der Waals surface area contributed by atoms with Crippen molar-refractivity contribution in [3.8, 4) is 0 Å². The fourth-order valence-corrected chi connectivity index (χ4v) is 2.76. The lowest BCUT2D eigenvalue weighted by Gasteiger charge is -2.36. The summed E-state index contributed by atoms with van der Waals surface area (Å²) >= 11 is 0. The Hall–Kier alpha value is -0.0800. The normalized spacial score (nSPS) is 44.7. The van der Waals surface area contributed by atoms with Crippen molar-refractivity contribution in [1.29, 1.82) is 0 Å². The molecule has 0 radical (unpaired) electrons. The highest BCUT2D eigenvalue weighted by Gasteiger charge is 2.38. The number of nitrogens with zero attached hydrogens (tertiary/aromatic N) is 1. The van der Waals surface area contributed by atoms with Crippen LogP contribution in [-0.2, 0) is 0 Å². The molecule has 0 aromatic rings. The van der Waals surface area contributed by atoms with Crippen LogP contribution in [0.25, 0.3) is 0 Å². The van der Waals surface area contributed by atoms with Gasteiger partial charge in [-0.1, -0.05) is 6.92 Å². The molecule has 0 spiro atoms. The standard InChI is InChI=1S/C9H17NO/c1-2-10-7-3-4-8(10)6-9(11)5-7/h7-9,11H,2-6H2,1H3/t7-,8-/m0/s1. The number of fused-ring (bicyclic) bond motifs is 2. The quantitative estimate of drug-likeness (QED) is 0.610. The molecule has 0 aromatic carbocycles. The smallest absolute Gasteiger partial charge is 0.0570 e. The molecule has 11 heavy (non-hydrogen) atoms. The van der Waals surface area contributed by atoms with Crippen LogP contribution in [0.4, 0.5) is 0 Å². The Balaban J connectivity index is 2.06. The highest BCUT2D eigenvalue weighted by Crippen LogP contribution is 2.34. The SMILES string of the molecule is CCN1[C@H]2CC[C@H]1CC(O)C2. The van der Waals surface area contributed by atoms with Gasteiger partial charge < -0.3 is 5.11 Å². The summed E-state index contributed by atoms with van der Waals surface area (Å²) in [6.07, 6.45) is 4.66. The van der Waals surface area contributed by atoms with Crippen LogP contribution in [0.2, 0.25) is 0 Å². The summed E-state index contributed by atoms with van der Waals surface area (Å²) in [6.45, 7) is 3.39. The first-order valence-corrected chi connectivity index (χ1v) is 4.75. The van der Waals surface area contributed by atoms with Gasteiger partial charge in [-0.3, -0.25) is 4.90 Å². The monoisotopic (exact) mass is 155 g/mol. The Bertz CT molecular complexity index is 134. The Morgan fingerprint density at radius 3 is 2.27 bits per heavy atom. The molecule has 2 bridgehead atoms. The molecule has 2 saturated heterocycles. The van der Waals surface area contributed by atoms with Gasteiger partial charge in [0.05, 0.1) is 6.10 Å². The van der Waals surface area contributed by atoms with E-state index in [9.17, 15) is 5.11 Å². The highest BCUT2D eigenvalue weighted by atomic mass is 16.3. The van der Waals surface area contributed by atoms with Crippen LogP contribution in [0.1, 0.15) is 32.6 Å². The van der Waals surface area contributed by atoms with E-state index in [-0.39, 0.29) is 6.10 Å². The van der Waals surface area contributed by atoms with Crippen molar-refractivity contribution in [2.45, 2.75) is 50.8 Å². The van der Waals surface area contributed by atoms with Crippen LogP contribution in [0.5, 0.6) is 0 Å². The van der Waals surface area contributed by atoms with Crippen molar-refractivity contribution in [3.63, 3.8) is 0 Å². The van der Waals surface area contributed by atoms with Crippen LogP contribution >= 0.6 is 0 Å². The molecule has 2 atom stereocenters. The molecule has 1 N–H and O–H groups in total. The van der Waals surface area contributed by atoms with Gasteiger partial charge in [0.2, 0.25) is 0 Å². The lowest BCUT2D eigenvalue weighted by molar-refractivity contribution is 0.0387. The number of hydrogen-bond donors (Lipinski definition) is 1. The van der Waals surface area contributed by atoms with Gasteiger partial charge in [-0.05, 0) is 32.2 Å². The second kappa shape index (κ2) is 2.76. The number of hydrogen-bond acceptors (Lipinski definition) is 2. The summed E-state index contributed by atoms with van der Waals surface area (Å²) in [7, 11) is 0. The zero-order chi connectivity index (χ0) is 7.84. The van der Waals surface area contributed by atoms with Crippen LogP contribution in [0, 0.1) is 0 Å². The van der Waals surface area contributed by atoms with E-state index in [1.54, 1.807) is 0 Å².